The summed E-state index contributed by atoms with van der Waals surface area (Å²) in [5, 5.41) is 0. The van der Waals surface area contributed by atoms with Crippen LogP contribution in [-0.4, -0.2) is 53.8 Å². The Morgan fingerprint density at radius 1 is 0.700 bits per heavy atom. The van der Waals surface area contributed by atoms with Gasteiger partial charge in [0.1, 0.15) is 11.5 Å². The molecule has 160 valence electrons. The summed E-state index contributed by atoms with van der Waals surface area (Å²) in [7, 11) is 0. The van der Waals surface area contributed by atoms with Gasteiger partial charge in [-0.3, -0.25) is 9.59 Å². The first-order valence-corrected chi connectivity index (χ1v) is 11.7. The molecule has 0 saturated heterocycles. The third-order valence-corrected chi connectivity index (χ3v) is 5.71. The van der Waals surface area contributed by atoms with Gasteiger partial charge < -0.3 is 18.6 Å². The van der Waals surface area contributed by atoms with E-state index in [1.54, 1.807) is 36.4 Å². The zero-order valence-electron chi connectivity index (χ0n) is 15.9. The van der Waals surface area contributed by atoms with Gasteiger partial charge in [-0.2, -0.15) is 0 Å². The predicted molar refractivity (Wildman–Crippen MR) is 111 cm³/mol. The molecule has 0 bridgehead atoms. The first-order chi connectivity index (χ1) is 14.4. The number of benzene rings is 2. The molecule has 0 aromatic heterocycles. The average molecular weight is 453 g/mol. The van der Waals surface area contributed by atoms with Crippen molar-refractivity contribution in [2.75, 3.05) is 24.7 Å². The van der Waals surface area contributed by atoms with Crippen molar-refractivity contribution in [1.82, 2.24) is 0 Å². The topological polar surface area (TPSA) is 127 Å². The smallest absolute Gasteiger partial charge is 0.201 e. The van der Waals surface area contributed by atoms with Gasteiger partial charge >= 0.3 is 0 Å². The van der Waals surface area contributed by atoms with E-state index in [9.17, 15) is 18.0 Å². The Morgan fingerprint density at radius 2 is 1.13 bits per heavy atom. The van der Waals surface area contributed by atoms with Gasteiger partial charge in [0.15, 0.2) is 27.9 Å². The van der Waals surface area contributed by atoms with Gasteiger partial charge in [-0.1, -0.05) is 24.3 Å². The van der Waals surface area contributed by atoms with Gasteiger partial charge in [-0.05, 0) is 25.0 Å². The molecule has 2 N–H and O–H groups in total. The first kappa shape index (κ1) is 22.3. The van der Waals surface area contributed by atoms with Gasteiger partial charge in [0.25, 0.3) is 0 Å². The molecule has 3 rings (SSSR count). The largest absolute Gasteiger partial charge is 0.493 e. The Bertz CT molecular complexity index is 940. The van der Waals surface area contributed by atoms with E-state index >= 15 is 0 Å². The summed E-state index contributed by atoms with van der Waals surface area (Å²) in [6.45, 7) is 0.237. The maximum atomic E-state index is 13.3. The molecule has 0 amide bonds. The van der Waals surface area contributed by atoms with E-state index in [0.29, 0.717) is 12.8 Å². The molecule has 0 spiro atoms. The molecule has 0 heterocycles. The van der Waals surface area contributed by atoms with E-state index in [1.165, 1.54) is 0 Å². The van der Waals surface area contributed by atoms with Crippen molar-refractivity contribution in [2.45, 2.75) is 12.8 Å². The first-order valence-electron chi connectivity index (χ1n) is 9.16. The summed E-state index contributed by atoms with van der Waals surface area (Å²) in [6, 6.07) is 9.49. The van der Waals surface area contributed by atoms with Crippen LogP contribution in [0.25, 0.3) is 0 Å². The second-order valence-corrected chi connectivity index (χ2v) is 8.57. The molecule has 1 aliphatic rings. The van der Waals surface area contributed by atoms with Crippen molar-refractivity contribution >= 4 is 33.7 Å². The Hall–Kier alpha value is -2.40. The van der Waals surface area contributed by atoms with Crippen LogP contribution in [0, 0.1) is 0 Å². The van der Waals surface area contributed by atoms with Gasteiger partial charge in [-0.25, -0.2) is 8.42 Å². The van der Waals surface area contributed by atoms with Crippen molar-refractivity contribution in [3.63, 3.8) is 0 Å². The lowest BCUT2D eigenvalue weighted by Crippen LogP contribution is -2.23. The van der Waals surface area contributed by atoms with E-state index < -0.39 is 27.9 Å². The summed E-state index contributed by atoms with van der Waals surface area (Å²) in [4.78, 5) is 26.3. The molecule has 0 fully saturated rings. The highest BCUT2D eigenvalue weighted by atomic mass is 32.2. The number of ether oxygens (including phenoxy) is 2. The lowest BCUT2D eigenvalue weighted by atomic mass is 9.83. The van der Waals surface area contributed by atoms with Gasteiger partial charge in [-0.15, -0.1) is 0 Å². The van der Waals surface area contributed by atoms with E-state index in [2.05, 4.69) is 0 Å². The minimum absolute atomic E-state index is 0.0430. The van der Waals surface area contributed by atoms with Crippen LogP contribution in [-0.2, 0) is 22.2 Å². The monoisotopic (exact) mass is 452 g/mol. The summed E-state index contributed by atoms with van der Waals surface area (Å²) in [5.41, 5.74) is 0.715. The third kappa shape index (κ3) is 5.01. The molecule has 30 heavy (non-hydrogen) atoms. The molecule has 0 aliphatic heterocycles. The lowest BCUT2D eigenvalue weighted by Gasteiger charge is -2.22. The maximum absolute atomic E-state index is 13.3. The zero-order valence-corrected chi connectivity index (χ0v) is 17.5. The minimum Gasteiger partial charge on any atom is -0.493 e. The van der Waals surface area contributed by atoms with Crippen molar-refractivity contribution in [3.05, 3.63) is 58.7 Å². The molecular weight excluding hydrogens is 432 g/mol. The highest BCUT2D eigenvalue weighted by molar-refractivity contribution is 7.79. The van der Waals surface area contributed by atoms with Crippen LogP contribution in [0.15, 0.2) is 36.4 Å². The second kappa shape index (κ2) is 10.1. The van der Waals surface area contributed by atoms with Gasteiger partial charge in [0.2, 0.25) is 5.78 Å². The van der Waals surface area contributed by atoms with Crippen LogP contribution in [0.5, 0.6) is 11.5 Å². The lowest BCUT2D eigenvalue weighted by molar-refractivity contribution is 0.0972. The molecule has 1 aliphatic carbocycles. The standard InChI is InChI=1S/C20H20O8S2/c21-19-13-5-1-7-15(27-9-3-11-29(23)24)17(13)20(22)18-14(19)6-2-8-16(18)28-10-4-12-30(25)26/h1-2,5-8H,3-4,9-12H2,(H,23,24)(H,25,26). The molecule has 10 heteroatoms. The Labute approximate surface area is 178 Å². The molecule has 2 aromatic carbocycles. The van der Waals surface area contributed by atoms with Crippen molar-refractivity contribution in [2.24, 2.45) is 0 Å². The summed E-state index contributed by atoms with van der Waals surface area (Å²) in [6.07, 6.45) is 0.623. The van der Waals surface area contributed by atoms with Crippen molar-refractivity contribution < 1.29 is 36.6 Å². The van der Waals surface area contributed by atoms with E-state index in [1.807, 2.05) is 0 Å². The number of rotatable bonds is 10. The second-order valence-electron chi connectivity index (χ2n) is 6.47. The van der Waals surface area contributed by atoms with Crippen LogP contribution in [0.2, 0.25) is 0 Å². The highest BCUT2D eigenvalue weighted by Gasteiger charge is 2.34. The molecule has 8 nitrogen and oxygen atoms in total. The Kier molecular flexibility index (Phi) is 7.48. The molecule has 2 atom stereocenters. The average Bonchev–Trinajstić information content (AvgIpc) is 2.72. The minimum atomic E-state index is -1.93. The SMILES string of the molecule is O=C1c2cccc(OCCCS(=O)O)c2C(=O)c2c(OCCCS(=O)O)cccc21. The quantitative estimate of drug-likeness (QED) is 0.355. The van der Waals surface area contributed by atoms with Crippen molar-refractivity contribution in [1.29, 1.82) is 0 Å². The van der Waals surface area contributed by atoms with Crippen LogP contribution in [0.3, 0.4) is 0 Å². The van der Waals surface area contributed by atoms with Crippen molar-refractivity contribution in [3.8, 4) is 11.5 Å². The molecule has 0 saturated carbocycles. The summed E-state index contributed by atoms with van der Waals surface area (Å²) >= 11 is -3.86. The zero-order chi connectivity index (χ0) is 21.7. The van der Waals surface area contributed by atoms with Crippen LogP contribution >= 0.6 is 0 Å². The number of carbonyl (C=O) groups is 2. The van der Waals surface area contributed by atoms with Crippen LogP contribution < -0.4 is 9.47 Å². The van der Waals surface area contributed by atoms with Crippen LogP contribution in [0.4, 0.5) is 0 Å². The van der Waals surface area contributed by atoms with E-state index in [0.717, 1.165) is 0 Å². The highest BCUT2D eigenvalue weighted by Crippen LogP contribution is 2.37. The summed E-state index contributed by atoms with van der Waals surface area (Å²) < 4.78 is 50.5. The van der Waals surface area contributed by atoms with Gasteiger partial charge in [0.05, 0.1) is 35.8 Å². The predicted octanol–water partition coefficient (Wildman–Crippen LogP) is 2.44. The molecule has 2 unspecified atom stereocenters. The maximum Gasteiger partial charge on any atom is 0.201 e. The Balaban J connectivity index is 1.87. The third-order valence-electron chi connectivity index (χ3n) is 4.44. The fourth-order valence-electron chi connectivity index (χ4n) is 3.15. The molecule has 0 radical (unpaired) electrons. The normalized spacial score (nSPS) is 14.6. The summed E-state index contributed by atoms with van der Waals surface area (Å²) in [5.74, 6) is -0.204. The molecular formula is C20H20O8S2. The fourth-order valence-corrected chi connectivity index (χ4v) is 3.88. The number of hydrogen-bond donors (Lipinski definition) is 2. The number of ketones is 2. The van der Waals surface area contributed by atoms with E-state index in [4.69, 9.17) is 18.6 Å². The number of hydrogen-bond acceptors (Lipinski definition) is 6. The van der Waals surface area contributed by atoms with Crippen LogP contribution in [0.1, 0.15) is 44.7 Å². The number of fused-ring (bicyclic) bond motifs is 2. The number of carbonyl (C=O) groups excluding carboxylic acids is 2. The Morgan fingerprint density at radius 3 is 1.53 bits per heavy atom. The van der Waals surface area contributed by atoms with E-state index in [-0.39, 0.29) is 64.3 Å². The fraction of sp³-hybridized carbons (Fsp3) is 0.300. The van der Waals surface area contributed by atoms with Gasteiger partial charge in [0, 0.05) is 11.1 Å². The molecule has 2 aromatic rings.